The summed E-state index contributed by atoms with van der Waals surface area (Å²) in [6.07, 6.45) is 4.73. The Morgan fingerprint density at radius 2 is 1.70 bits per heavy atom. The van der Waals surface area contributed by atoms with E-state index in [9.17, 15) is 9.59 Å². The number of hydrogen-bond acceptors (Lipinski definition) is 4. The minimum absolute atomic E-state index is 0.0219. The molecule has 146 valence electrons. The minimum atomic E-state index is -0.397. The molecule has 1 aromatic carbocycles. The van der Waals surface area contributed by atoms with Crippen molar-refractivity contribution in [2.24, 2.45) is 0 Å². The smallest absolute Gasteiger partial charge is 0.237 e. The van der Waals surface area contributed by atoms with E-state index in [2.05, 4.69) is 15.5 Å². The normalized spacial score (nSPS) is 28.5. The van der Waals surface area contributed by atoms with E-state index in [1.54, 1.807) is 0 Å². The average molecular weight is 391 g/mol. The lowest BCUT2D eigenvalue weighted by Gasteiger charge is -2.41. The number of anilines is 1. The lowest BCUT2D eigenvalue weighted by molar-refractivity contribution is -0.136. The number of benzene rings is 1. The highest BCUT2D eigenvalue weighted by molar-refractivity contribution is 6.30. The molecular formula is C20H27ClN4O2. The molecule has 0 bridgehead atoms. The standard InChI is InChI=1S/C20H27ClN4O2/c21-14-5-7-15(8-6-14)24-9-11-25(12-10-24)19(26)13-18-20(27)23-17-4-2-1-3-16(17)22-18/h5-8,16-18,22H,1-4,9-13H2,(H,23,27). The molecular weight excluding hydrogens is 364 g/mol. The number of hydrogen-bond donors (Lipinski definition) is 2. The van der Waals surface area contributed by atoms with Crippen molar-refractivity contribution in [3.05, 3.63) is 29.3 Å². The Labute approximate surface area is 165 Å². The molecule has 0 aromatic heterocycles. The second-order valence-electron chi connectivity index (χ2n) is 7.77. The van der Waals surface area contributed by atoms with Gasteiger partial charge >= 0.3 is 0 Å². The van der Waals surface area contributed by atoms with Gasteiger partial charge in [0.15, 0.2) is 0 Å². The third-order valence-electron chi connectivity index (χ3n) is 6.03. The maximum atomic E-state index is 12.7. The van der Waals surface area contributed by atoms with Crippen LogP contribution < -0.4 is 15.5 Å². The summed E-state index contributed by atoms with van der Waals surface area (Å²) in [5.74, 6) is 0.0407. The third-order valence-corrected chi connectivity index (χ3v) is 6.28. The van der Waals surface area contributed by atoms with Gasteiger partial charge in [0.05, 0.1) is 12.5 Å². The van der Waals surface area contributed by atoms with Gasteiger partial charge in [0.1, 0.15) is 0 Å². The highest BCUT2D eigenvalue weighted by Crippen LogP contribution is 2.23. The molecule has 3 aliphatic rings. The first kappa shape index (κ1) is 18.6. The van der Waals surface area contributed by atoms with Crippen LogP contribution in [0.15, 0.2) is 24.3 Å². The largest absolute Gasteiger partial charge is 0.368 e. The van der Waals surface area contributed by atoms with E-state index in [-0.39, 0.29) is 24.3 Å². The van der Waals surface area contributed by atoms with Crippen molar-refractivity contribution < 1.29 is 9.59 Å². The number of fused-ring (bicyclic) bond motifs is 1. The number of carbonyl (C=O) groups is 2. The zero-order chi connectivity index (χ0) is 18.8. The zero-order valence-electron chi connectivity index (χ0n) is 15.5. The van der Waals surface area contributed by atoms with Gasteiger partial charge in [0.25, 0.3) is 0 Å². The van der Waals surface area contributed by atoms with Gasteiger partial charge in [-0.3, -0.25) is 9.59 Å². The highest BCUT2D eigenvalue weighted by atomic mass is 35.5. The molecule has 2 N–H and O–H groups in total. The molecule has 2 saturated heterocycles. The van der Waals surface area contributed by atoms with Crippen molar-refractivity contribution in [3.8, 4) is 0 Å². The summed E-state index contributed by atoms with van der Waals surface area (Å²) < 4.78 is 0. The molecule has 3 atom stereocenters. The van der Waals surface area contributed by atoms with Crippen LogP contribution in [0.25, 0.3) is 0 Å². The molecule has 6 nitrogen and oxygen atoms in total. The van der Waals surface area contributed by atoms with Crippen molar-refractivity contribution in [1.29, 1.82) is 0 Å². The van der Waals surface area contributed by atoms with E-state index < -0.39 is 6.04 Å². The summed E-state index contributed by atoms with van der Waals surface area (Å²) in [6.45, 7) is 2.95. The van der Waals surface area contributed by atoms with Crippen molar-refractivity contribution in [1.82, 2.24) is 15.5 Å². The fourth-order valence-corrected chi connectivity index (χ4v) is 4.57. The number of piperazine rings is 2. The molecule has 4 rings (SSSR count). The Morgan fingerprint density at radius 1 is 1.04 bits per heavy atom. The van der Waals surface area contributed by atoms with Crippen LogP contribution in [0, 0.1) is 0 Å². The zero-order valence-corrected chi connectivity index (χ0v) is 16.3. The Hall–Kier alpha value is -1.79. The Kier molecular flexibility index (Phi) is 5.55. The predicted molar refractivity (Wildman–Crippen MR) is 106 cm³/mol. The molecule has 3 fully saturated rings. The van der Waals surface area contributed by atoms with Gasteiger partial charge in [-0.15, -0.1) is 0 Å². The fraction of sp³-hybridized carbons (Fsp3) is 0.600. The Morgan fingerprint density at radius 3 is 2.41 bits per heavy atom. The maximum absolute atomic E-state index is 12.7. The molecule has 1 saturated carbocycles. The van der Waals surface area contributed by atoms with Crippen LogP contribution in [0.1, 0.15) is 32.1 Å². The number of nitrogens with one attached hydrogen (secondary N) is 2. The molecule has 1 aliphatic carbocycles. The van der Waals surface area contributed by atoms with E-state index in [0.717, 1.165) is 36.6 Å². The SMILES string of the molecule is O=C1NC2CCCCC2NC1CC(=O)N1CCN(c2ccc(Cl)cc2)CC1. The van der Waals surface area contributed by atoms with Crippen LogP contribution in [0.3, 0.4) is 0 Å². The summed E-state index contributed by atoms with van der Waals surface area (Å²) >= 11 is 5.95. The fourth-order valence-electron chi connectivity index (χ4n) is 4.44. The lowest BCUT2D eigenvalue weighted by Crippen LogP contribution is -2.65. The summed E-state index contributed by atoms with van der Waals surface area (Å²) in [4.78, 5) is 29.2. The lowest BCUT2D eigenvalue weighted by atomic mass is 9.87. The molecule has 2 amide bonds. The van der Waals surface area contributed by atoms with E-state index >= 15 is 0 Å². The van der Waals surface area contributed by atoms with E-state index in [0.29, 0.717) is 19.1 Å². The van der Waals surface area contributed by atoms with Gasteiger partial charge < -0.3 is 20.4 Å². The number of amides is 2. The molecule has 2 heterocycles. The molecule has 3 unspecified atom stereocenters. The number of nitrogens with zero attached hydrogens (tertiary/aromatic N) is 2. The van der Waals surface area contributed by atoms with Crippen molar-refractivity contribution >= 4 is 29.1 Å². The van der Waals surface area contributed by atoms with Gasteiger partial charge in [-0.05, 0) is 37.1 Å². The number of rotatable bonds is 3. The Bertz CT molecular complexity index is 688. The van der Waals surface area contributed by atoms with Crippen molar-refractivity contribution in [2.45, 2.75) is 50.2 Å². The van der Waals surface area contributed by atoms with Gasteiger partial charge in [0.2, 0.25) is 11.8 Å². The average Bonchev–Trinajstić information content (AvgIpc) is 2.69. The van der Waals surface area contributed by atoms with E-state index in [4.69, 9.17) is 11.6 Å². The summed E-state index contributed by atoms with van der Waals surface area (Å²) in [7, 11) is 0. The van der Waals surface area contributed by atoms with Crippen molar-refractivity contribution in [3.63, 3.8) is 0 Å². The van der Waals surface area contributed by atoms with Crippen LogP contribution in [0.4, 0.5) is 5.69 Å². The molecule has 0 spiro atoms. The second kappa shape index (κ2) is 8.07. The maximum Gasteiger partial charge on any atom is 0.237 e. The van der Waals surface area contributed by atoms with Gasteiger partial charge in [-0.25, -0.2) is 0 Å². The predicted octanol–water partition coefficient (Wildman–Crippen LogP) is 1.78. The molecule has 0 radical (unpaired) electrons. The van der Waals surface area contributed by atoms with Crippen LogP contribution in [-0.2, 0) is 9.59 Å². The van der Waals surface area contributed by atoms with Gasteiger partial charge in [-0.2, -0.15) is 0 Å². The summed E-state index contributed by atoms with van der Waals surface area (Å²) in [5, 5.41) is 7.28. The first-order chi connectivity index (χ1) is 13.1. The van der Waals surface area contributed by atoms with E-state index in [1.807, 2.05) is 29.2 Å². The monoisotopic (exact) mass is 390 g/mol. The van der Waals surface area contributed by atoms with Gasteiger partial charge in [0, 0.05) is 49.0 Å². The van der Waals surface area contributed by atoms with Crippen molar-refractivity contribution in [2.75, 3.05) is 31.1 Å². The second-order valence-corrected chi connectivity index (χ2v) is 8.21. The minimum Gasteiger partial charge on any atom is -0.368 e. The summed E-state index contributed by atoms with van der Waals surface area (Å²) in [6, 6.07) is 7.95. The Balaban J connectivity index is 1.29. The topological polar surface area (TPSA) is 64.7 Å². The van der Waals surface area contributed by atoms with E-state index in [1.165, 1.54) is 12.8 Å². The van der Waals surface area contributed by atoms with Crippen LogP contribution >= 0.6 is 11.6 Å². The van der Waals surface area contributed by atoms with Gasteiger partial charge in [-0.1, -0.05) is 24.4 Å². The molecule has 7 heteroatoms. The first-order valence-corrected chi connectivity index (χ1v) is 10.3. The molecule has 2 aliphatic heterocycles. The van der Waals surface area contributed by atoms with Crippen LogP contribution in [0.5, 0.6) is 0 Å². The third kappa shape index (κ3) is 4.22. The summed E-state index contributed by atoms with van der Waals surface area (Å²) in [5.41, 5.74) is 1.13. The number of halogens is 1. The van der Waals surface area contributed by atoms with Crippen LogP contribution in [-0.4, -0.2) is 61.0 Å². The quantitative estimate of drug-likeness (QED) is 0.825. The highest BCUT2D eigenvalue weighted by Gasteiger charge is 2.37. The molecule has 27 heavy (non-hydrogen) atoms. The van der Waals surface area contributed by atoms with Crippen LogP contribution in [0.2, 0.25) is 5.02 Å². The molecule has 1 aromatic rings. The first-order valence-electron chi connectivity index (χ1n) is 9.95. The number of carbonyl (C=O) groups excluding carboxylic acids is 2.